The number of likely N-dealkylation sites (N-methyl/N-ethyl adjacent to an activating group) is 1. The van der Waals surface area contributed by atoms with Gasteiger partial charge in [0.25, 0.3) is 5.91 Å². The van der Waals surface area contributed by atoms with Gasteiger partial charge in [0, 0.05) is 43.3 Å². The first kappa shape index (κ1) is 23.8. The van der Waals surface area contributed by atoms with Crippen LogP contribution in [0.25, 0.3) is 0 Å². The van der Waals surface area contributed by atoms with Crippen LogP contribution >= 0.6 is 0 Å². The molecule has 0 aromatic heterocycles. The summed E-state index contributed by atoms with van der Waals surface area (Å²) in [6.07, 6.45) is 0. The molecule has 0 fully saturated rings. The lowest BCUT2D eigenvalue weighted by atomic mass is 10.2. The Kier molecular flexibility index (Phi) is 8.05. The number of nitrogens with one attached hydrogen (secondary N) is 2. The van der Waals surface area contributed by atoms with Crippen molar-refractivity contribution in [3.8, 4) is 5.75 Å². The molecule has 0 saturated carbocycles. The molecule has 2 amide bonds. The van der Waals surface area contributed by atoms with Gasteiger partial charge in [0.2, 0.25) is 5.91 Å². The molecule has 0 saturated heterocycles. The second-order valence-electron chi connectivity index (χ2n) is 8.04. The third kappa shape index (κ3) is 7.08. The van der Waals surface area contributed by atoms with Crippen molar-refractivity contribution >= 4 is 28.9 Å². The monoisotopic (exact) mass is 446 g/mol. The number of carbonyl (C=O) groups excluding carboxylic acids is 2. The number of carbonyl (C=O) groups is 2. The van der Waals surface area contributed by atoms with E-state index >= 15 is 0 Å². The molecule has 0 aliphatic rings. The van der Waals surface area contributed by atoms with Crippen LogP contribution in [0.5, 0.6) is 5.75 Å². The molecule has 0 aliphatic heterocycles. The maximum Gasteiger partial charge on any atom is 0.255 e. The molecule has 0 unspecified atom stereocenters. The Morgan fingerprint density at radius 2 is 1.36 bits per heavy atom. The van der Waals surface area contributed by atoms with Crippen LogP contribution in [0.4, 0.5) is 17.1 Å². The van der Waals surface area contributed by atoms with Gasteiger partial charge in [-0.2, -0.15) is 0 Å². The molecule has 2 N–H and O–H groups in total. The van der Waals surface area contributed by atoms with Gasteiger partial charge in [0.05, 0.1) is 13.7 Å². The minimum absolute atomic E-state index is 0.113. The Hall–Kier alpha value is -3.84. The van der Waals surface area contributed by atoms with Gasteiger partial charge in [-0.1, -0.05) is 12.1 Å². The van der Waals surface area contributed by atoms with Gasteiger partial charge in [-0.15, -0.1) is 0 Å². The molecule has 0 heterocycles. The van der Waals surface area contributed by atoms with Crippen molar-refractivity contribution in [3.05, 3.63) is 83.9 Å². The van der Waals surface area contributed by atoms with E-state index in [4.69, 9.17) is 4.74 Å². The van der Waals surface area contributed by atoms with Crippen LogP contribution in [0.2, 0.25) is 0 Å². The zero-order chi connectivity index (χ0) is 23.8. The Bertz CT molecular complexity index is 1060. The first-order chi connectivity index (χ1) is 15.8. The molecular weight excluding hydrogens is 416 g/mol. The predicted octanol–water partition coefficient (Wildman–Crippen LogP) is 4.08. The fraction of sp³-hybridized carbons (Fsp3) is 0.231. The van der Waals surface area contributed by atoms with Crippen LogP contribution in [0.15, 0.2) is 72.8 Å². The summed E-state index contributed by atoms with van der Waals surface area (Å²) in [5.74, 6) is 0.386. The number of hydrogen-bond acceptors (Lipinski definition) is 5. The highest BCUT2D eigenvalue weighted by Crippen LogP contribution is 2.17. The summed E-state index contributed by atoms with van der Waals surface area (Å²) in [6.45, 7) is 0.931. The third-order valence-corrected chi connectivity index (χ3v) is 5.10. The van der Waals surface area contributed by atoms with E-state index in [1.807, 2.05) is 26.0 Å². The molecule has 0 bridgehead atoms. The van der Waals surface area contributed by atoms with Gasteiger partial charge in [0.1, 0.15) is 5.75 Å². The molecule has 3 rings (SSSR count). The number of amides is 2. The highest BCUT2D eigenvalue weighted by Gasteiger charge is 2.10. The minimum Gasteiger partial charge on any atom is -0.497 e. The minimum atomic E-state index is -0.224. The van der Waals surface area contributed by atoms with E-state index in [0.717, 1.165) is 17.0 Å². The van der Waals surface area contributed by atoms with Crippen molar-refractivity contribution < 1.29 is 14.3 Å². The largest absolute Gasteiger partial charge is 0.497 e. The molecule has 33 heavy (non-hydrogen) atoms. The molecule has 0 aliphatic carbocycles. The topological polar surface area (TPSA) is 73.9 Å². The lowest BCUT2D eigenvalue weighted by molar-refractivity contribution is -0.117. The van der Waals surface area contributed by atoms with Gasteiger partial charge >= 0.3 is 0 Å². The fourth-order valence-corrected chi connectivity index (χ4v) is 3.30. The van der Waals surface area contributed by atoms with Crippen molar-refractivity contribution in [2.75, 3.05) is 50.3 Å². The summed E-state index contributed by atoms with van der Waals surface area (Å²) in [6, 6.07) is 22.2. The highest BCUT2D eigenvalue weighted by molar-refractivity contribution is 6.04. The van der Waals surface area contributed by atoms with Gasteiger partial charge in [0.15, 0.2) is 0 Å². The van der Waals surface area contributed by atoms with Gasteiger partial charge in [-0.3, -0.25) is 14.5 Å². The Morgan fingerprint density at radius 1 is 0.788 bits per heavy atom. The number of nitrogens with zero attached hydrogens (tertiary/aromatic N) is 2. The molecule has 0 atom stereocenters. The Labute approximate surface area is 195 Å². The molecule has 3 aromatic rings. The van der Waals surface area contributed by atoms with Crippen molar-refractivity contribution in [2.24, 2.45) is 0 Å². The van der Waals surface area contributed by atoms with E-state index < -0.39 is 0 Å². The van der Waals surface area contributed by atoms with Crippen LogP contribution in [0.3, 0.4) is 0 Å². The van der Waals surface area contributed by atoms with Crippen LogP contribution in [0, 0.1) is 0 Å². The molecule has 0 spiro atoms. The van der Waals surface area contributed by atoms with Gasteiger partial charge < -0.3 is 20.3 Å². The molecule has 172 valence electrons. The smallest absolute Gasteiger partial charge is 0.255 e. The lowest BCUT2D eigenvalue weighted by Crippen LogP contribution is -2.29. The standard InChI is InChI=1S/C26H30N4O3/c1-29(2)23-13-5-19(6-14-23)17-30(3)18-25(31)27-21-9-7-20(8-10-21)26(32)28-22-11-15-24(33-4)16-12-22/h5-16H,17-18H2,1-4H3,(H,27,31)(H,28,32). The number of anilines is 3. The summed E-state index contributed by atoms with van der Waals surface area (Å²) in [5, 5.41) is 5.72. The maximum atomic E-state index is 12.4. The number of methoxy groups -OCH3 is 1. The lowest BCUT2D eigenvalue weighted by Gasteiger charge is -2.18. The second-order valence-corrected chi connectivity index (χ2v) is 8.04. The number of benzene rings is 3. The van der Waals surface area contributed by atoms with Crippen LogP contribution < -0.4 is 20.3 Å². The first-order valence-corrected chi connectivity index (χ1v) is 10.6. The zero-order valence-corrected chi connectivity index (χ0v) is 19.5. The number of rotatable bonds is 9. The van der Waals surface area contributed by atoms with E-state index in [0.29, 0.717) is 23.5 Å². The predicted molar refractivity (Wildman–Crippen MR) is 133 cm³/mol. The van der Waals surface area contributed by atoms with E-state index in [9.17, 15) is 9.59 Å². The summed E-state index contributed by atoms with van der Waals surface area (Å²) in [5.41, 5.74) is 4.10. The summed E-state index contributed by atoms with van der Waals surface area (Å²) in [7, 11) is 7.51. The quantitative estimate of drug-likeness (QED) is 0.518. The average molecular weight is 447 g/mol. The first-order valence-electron chi connectivity index (χ1n) is 10.6. The van der Waals surface area contributed by atoms with E-state index in [2.05, 4.69) is 39.8 Å². The number of ether oxygens (including phenoxy) is 1. The van der Waals surface area contributed by atoms with E-state index in [1.54, 1.807) is 55.6 Å². The molecule has 7 heteroatoms. The van der Waals surface area contributed by atoms with Crippen LogP contribution in [-0.4, -0.2) is 51.5 Å². The van der Waals surface area contributed by atoms with Crippen molar-refractivity contribution in [1.29, 1.82) is 0 Å². The SMILES string of the molecule is COc1ccc(NC(=O)c2ccc(NC(=O)CN(C)Cc3ccc(N(C)C)cc3)cc2)cc1. The van der Waals surface area contributed by atoms with Gasteiger partial charge in [-0.25, -0.2) is 0 Å². The van der Waals surface area contributed by atoms with Crippen molar-refractivity contribution in [1.82, 2.24) is 4.90 Å². The van der Waals surface area contributed by atoms with Crippen molar-refractivity contribution in [2.45, 2.75) is 6.54 Å². The Balaban J connectivity index is 1.49. The molecule has 0 radical (unpaired) electrons. The summed E-state index contributed by atoms with van der Waals surface area (Å²) >= 11 is 0. The maximum absolute atomic E-state index is 12.4. The van der Waals surface area contributed by atoms with Crippen LogP contribution in [0.1, 0.15) is 15.9 Å². The average Bonchev–Trinajstić information content (AvgIpc) is 2.80. The van der Waals surface area contributed by atoms with E-state index in [-0.39, 0.29) is 18.4 Å². The van der Waals surface area contributed by atoms with Crippen LogP contribution in [-0.2, 0) is 11.3 Å². The summed E-state index contributed by atoms with van der Waals surface area (Å²) < 4.78 is 5.12. The zero-order valence-electron chi connectivity index (χ0n) is 19.5. The third-order valence-electron chi connectivity index (χ3n) is 5.10. The highest BCUT2D eigenvalue weighted by atomic mass is 16.5. The fourth-order valence-electron chi connectivity index (χ4n) is 3.30. The molecule has 7 nitrogen and oxygen atoms in total. The molecular formula is C26H30N4O3. The van der Waals surface area contributed by atoms with E-state index in [1.165, 1.54) is 0 Å². The summed E-state index contributed by atoms with van der Waals surface area (Å²) in [4.78, 5) is 28.9. The Morgan fingerprint density at radius 3 is 1.94 bits per heavy atom. The normalized spacial score (nSPS) is 10.6. The van der Waals surface area contributed by atoms with Crippen molar-refractivity contribution in [3.63, 3.8) is 0 Å². The van der Waals surface area contributed by atoms with Gasteiger partial charge in [-0.05, 0) is 73.3 Å². The molecule has 3 aromatic carbocycles. The second kappa shape index (κ2) is 11.2. The number of hydrogen-bond donors (Lipinski definition) is 2.